The van der Waals surface area contributed by atoms with E-state index in [1.54, 1.807) is 13.0 Å². The second-order valence-corrected chi connectivity index (χ2v) is 26.5. The van der Waals surface area contributed by atoms with E-state index in [0.29, 0.717) is 57.8 Å². The Hall–Kier alpha value is -1.69. The smallest absolute Gasteiger partial charge is 0.396 e. The Morgan fingerprint density at radius 1 is 0.743 bits per heavy atom. The van der Waals surface area contributed by atoms with Crippen molar-refractivity contribution in [3.63, 3.8) is 0 Å². The zero-order valence-electron chi connectivity index (χ0n) is 44.3. The maximum absolute atomic E-state index is 12.4. The van der Waals surface area contributed by atoms with E-state index in [9.17, 15) is 28.3 Å². The summed E-state index contributed by atoms with van der Waals surface area (Å²) in [5.74, 6) is 0.0307. The molecule has 4 N–H and O–H groups in total. The van der Waals surface area contributed by atoms with Crippen molar-refractivity contribution < 1.29 is 79.8 Å². The predicted octanol–water partition coefficient (Wildman–Crippen LogP) is 6.10. The average molecular weight is 1060 g/mol. The van der Waals surface area contributed by atoms with Crippen LogP contribution in [-0.2, 0) is 62.0 Å². The van der Waals surface area contributed by atoms with Crippen LogP contribution >= 0.6 is 0 Å². The third-order valence-corrected chi connectivity index (χ3v) is 20.6. The fourth-order valence-electron chi connectivity index (χ4n) is 15.7. The van der Waals surface area contributed by atoms with Gasteiger partial charge in [-0.3, -0.25) is 4.55 Å². The van der Waals surface area contributed by atoms with Crippen LogP contribution in [0.15, 0.2) is 49.1 Å². The molecule has 0 amide bonds. The summed E-state index contributed by atoms with van der Waals surface area (Å²) in [4.78, 5) is 0. The van der Waals surface area contributed by atoms with E-state index in [1.165, 1.54) is 0 Å². The van der Waals surface area contributed by atoms with Crippen LogP contribution in [0, 0.1) is 17.8 Å². The third kappa shape index (κ3) is 9.94. The second-order valence-electron chi connectivity index (χ2n) is 25.5. The summed E-state index contributed by atoms with van der Waals surface area (Å²) in [5.41, 5.74) is -2.67. The number of hydrogen-bond acceptors (Lipinski definition) is 16. The number of hydrogen-bond donors (Lipinski definition) is 4. The first-order valence-electron chi connectivity index (χ1n) is 27.9. The van der Waals surface area contributed by atoms with E-state index >= 15 is 0 Å². The third-order valence-electron chi connectivity index (χ3n) is 20.1. The summed E-state index contributed by atoms with van der Waals surface area (Å²) in [6.45, 7) is 24.2. The number of ether oxygens (including phenoxy) is 10. The molecule has 0 aromatic carbocycles. The molecule has 10 saturated heterocycles. The SMILES string of the molecule is C=CCC(=C)C=CC(C)(O)C1CC2CC3OC4CC5OC6CC7OC8CC9OC%10CC%11OC(C)(CCO)C(OS(=O)(=O)O)CC%11OC%10CC9OC8CCC7(C)OC6(C)CCC(C)C5OC4C(O)C3(C)OC2CC1=C. The molecule has 10 aliphatic heterocycles. The molecule has 416 valence electrons. The number of fused-ring (bicyclic) bond motifs is 10. The number of aliphatic hydroxyl groups excluding tert-OH is 2. The highest BCUT2D eigenvalue weighted by molar-refractivity contribution is 7.80. The van der Waals surface area contributed by atoms with Crippen molar-refractivity contribution in [1.82, 2.24) is 0 Å². The highest BCUT2D eigenvalue weighted by atomic mass is 32.3. The van der Waals surface area contributed by atoms with Gasteiger partial charge in [-0.1, -0.05) is 49.5 Å². The van der Waals surface area contributed by atoms with E-state index in [-0.39, 0.29) is 104 Å². The minimum absolute atomic E-state index is 0.0954. The summed E-state index contributed by atoms with van der Waals surface area (Å²) in [5, 5.41) is 34.0. The summed E-state index contributed by atoms with van der Waals surface area (Å²) in [6, 6.07) is 0. The first-order valence-corrected chi connectivity index (χ1v) is 29.2. The monoisotopic (exact) mass is 1060 g/mol. The topological polar surface area (TPSA) is 217 Å². The van der Waals surface area contributed by atoms with E-state index in [4.69, 9.17) is 51.6 Å². The van der Waals surface area contributed by atoms with Crippen LogP contribution in [0.5, 0.6) is 0 Å². The molecule has 0 bridgehead atoms. The van der Waals surface area contributed by atoms with Crippen LogP contribution < -0.4 is 0 Å². The summed E-state index contributed by atoms with van der Waals surface area (Å²) < 4.78 is 108. The summed E-state index contributed by atoms with van der Waals surface area (Å²) in [7, 11) is -4.78. The van der Waals surface area contributed by atoms with E-state index in [1.807, 2.05) is 26.0 Å². The molecule has 10 heterocycles. The van der Waals surface area contributed by atoms with Gasteiger partial charge in [0.25, 0.3) is 0 Å². The van der Waals surface area contributed by atoms with Crippen molar-refractivity contribution >= 4 is 10.4 Å². The molecule has 1 aliphatic carbocycles. The van der Waals surface area contributed by atoms with Crippen molar-refractivity contribution in [3.05, 3.63) is 49.1 Å². The normalized spacial score (nSPS) is 52.9. The van der Waals surface area contributed by atoms with E-state index < -0.39 is 81.1 Å². The molecule has 0 aromatic heterocycles. The second kappa shape index (κ2) is 19.8. The lowest BCUT2D eigenvalue weighted by Gasteiger charge is -2.61. The molecule has 1 saturated carbocycles. The molecule has 11 aliphatic rings. The Morgan fingerprint density at radius 3 is 1.99 bits per heavy atom. The molecule has 17 nitrogen and oxygen atoms in total. The largest absolute Gasteiger partial charge is 0.397 e. The maximum atomic E-state index is 12.4. The minimum atomic E-state index is -4.78. The standard InChI is InChI=1S/C56H84O17S/c1-10-11-29(2)12-15-52(5,59)33-21-32-22-48-56(9,71-35(32)20-31(33)4)51(58)50-44(68-48)26-43-49(69-50)30(3)13-16-54(7)46(67-43)28-45-55(8,73-54)17-14-34-36(66-45)23-38-37(63-34)24-39-40(64-38)25-42-41(65-39)27-47(72-74(60,61)62)53(6,70-42)18-19-57/h10,12,15,30,32-51,57-59H,1-2,4,11,13-14,16-28H2,3,5-9H3,(H,60,61,62). The molecule has 11 fully saturated rings. The van der Waals surface area contributed by atoms with Crippen LogP contribution in [0.4, 0.5) is 0 Å². The number of aliphatic hydroxyl groups is 3. The van der Waals surface area contributed by atoms with E-state index in [0.717, 1.165) is 36.8 Å². The highest BCUT2D eigenvalue weighted by Gasteiger charge is 2.65. The lowest BCUT2D eigenvalue weighted by molar-refractivity contribution is -0.363. The van der Waals surface area contributed by atoms with Gasteiger partial charge in [-0.25, -0.2) is 4.18 Å². The summed E-state index contributed by atoms with van der Waals surface area (Å²) in [6.07, 6.45) is 7.25. The van der Waals surface area contributed by atoms with Gasteiger partial charge < -0.3 is 62.7 Å². The molecule has 11 rings (SSSR count). The zero-order chi connectivity index (χ0) is 52.5. The molecular formula is C56H84O17S. The molecule has 74 heavy (non-hydrogen) atoms. The lowest BCUT2D eigenvalue weighted by Crippen LogP contribution is -2.73. The van der Waals surface area contributed by atoms with Gasteiger partial charge in [-0.15, -0.1) is 6.58 Å². The van der Waals surface area contributed by atoms with Crippen molar-refractivity contribution in [1.29, 1.82) is 0 Å². The predicted molar refractivity (Wildman–Crippen MR) is 268 cm³/mol. The van der Waals surface area contributed by atoms with Gasteiger partial charge in [0.1, 0.15) is 23.9 Å². The van der Waals surface area contributed by atoms with Crippen LogP contribution in [0.3, 0.4) is 0 Å². The zero-order valence-corrected chi connectivity index (χ0v) is 45.1. The van der Waals surface area contributed by atoms with Gasteiger partial charge in [-0.2, -0.15) is 8.42 Å². The number of rotatable bonds is 9. The van der Waals surface area contributed by atoms with Crippen LogP contribution in [0.25, 0.3) is 0 Å². The first-order chi connectivity index (χ1) is 34.9. The fraction of sp³-hybridized carbons (Fsp3) is 0.857. The van der Waals surface area contributed by atoms with Crippen molar-refractivity contribution in [2.75, 3.05) is 6.61 Å². The van der Waals surface area contributed by atoms with Crippen molar-refractivity contribution in [2.24, 2.45) is 17.8 Å². The first kappa shape index (κ1) is 54.3. The molecule has 0 spiro atoms. The quantitative estimate of drug-likeness (QED) is 0.117. The summed E-state index contributed by atoms with van der Waals surface area (Å²) >= 11 is 0. The maximum Gasteiger partial charge on any atom is 0.397 e. The Bertz CT molecular complexity index is 2280. The highest BCUT2D eigenvalue weighted by Crippen LogP contribution is 2.55. The molecule has 18 heteroatoms. The Balaban J connectivity index is 0.754. The van der Waals surface area contributed by atoms with Gasteiger partial charge in [0, 0.05) is 57.5 Å². The number of allylic oxidation sites excluding steroid dienone is 3. The van der Waals surface area contributed by atoms with Gasteiger partial charge in [0.15, 0.2) is 0 Å². The molecular weight excluding hydrogens is 977 g/mol. The Labute approximate surface area is 437 Å². The molecule has 26 atom stereocenters. The van der Waals surface area contributed by atoms with Crippen LogP contribution in [-0.4, -0.2) is 173 Å². The van der Waals surface area contributed by atoms with Gasteiger partial charge in [0.2, 0.25) is 0 Å². The minimum Gasteiger partial charge on any atom is -0.396 e. The van der Waals surface area contributed by atoms with Crippen LogP contribution in [0.1, 0.15) is 138 Å². The van der Waals surface area contributed by atoms with Crippen molar-refractivity contribution in [3.8, 4) is 0 Å². The Kier molecular flexibility index (Phi) is 14.5. The van der Waals surface area contributed by atoms with Gasteiger partial charge >= 0.3 is 10.4 Å². The van der Waals surface area contributed by atoms with Crippen LogP contribution in [0.2, 0.25) is 0 Å². The molecule has 0 aromatic rings. The van der Waals surface area contributed by atoms with E-state index in [2.05, 4.69) is 40.5 Å². The molecule has 0 radical (unpaired) electrons. The lowest BCUT2D eigenvalue weighted by atomic mass is 9.64. The average Bonchev–Trinajstić information content (AvgIpc) is 3.47. The fourth-order valence-corrected chi connectivity index (χ4v) is 16.3. The van der Waals surface area contributed by atoms with Crippen molar-refractivity contribution in [2.45, 2.75) is 276 Å². The molecule has 26 unspecified atom stereocenters. The Morgan fingerprint density at radius 2 is 1.32 bits per heavy atom. The van der Waals surface area contributed by atoms with Gasteiger partial charge in [0.05, 0.1) is 114 Å². The van der Waals surface area contributed by atoms with Gasteiger partial charge in [-0.05, 0) is 97.8 Å².